The van der Waals surface area contributed by atoms with E-state index in [1.807, 2.05) is 6.92 Å². The summed E-state index contributed by atoms with van der Waals surface area (Å²) >= 11 is 12.7. The monoisotopic (exact) mass is 267 g/mol. The molecule has 0 aromatic carbocycles. The summed E-state index contributed by atoms with van der Waals surface area (Å²) in [6.07, 6.45) is 0.664. The number of hydrogen-bond acceptors (Lipinski definition) is 3. The van der Waals surface area contributed by atoms with Gasteiger partial charge in [-0.1, -0.05) is 30.1 Å². The van der Waals surface area contributed by atoms with Gasteiger partial charge < -0.3 is 10.4 Å². The fourth-order valence-electron chi connectivity index (χ4n) is 1.04. The van der Waals surface area contributed by atoms with Crippen molar-refractivity contribution in [3.05, 3.63) is 20.3 Å². The molecule has 0 aliphatic heterocycles. The third kappa shape index (κ3) is 3.34. The molecule has 6 heteroatoms. The summed E-state index contributed by atoms with van der Waals surface area (Å²) in [4.78, 5) is 11.6. The minimum absolute atomic E-state index is 0.0856. The number of aliphatic hydroxyl groups is 1. The van der Waals surface area contributed by atoms with Crippen molar-refractivity contribution >= 4 is 40.4 Å². The Hall–Kier alpha value is -0.290. The standard InChI is InChI=1S/C9H11Cl2NO2S/c1-2-5(4-13)12-9(14)6-3-7(10)15-8(6)11/h3,5,13H,2,4H2,1H3,(H,12,14)/t5-/m0/s1. The lowest BCUT2D eigenvalue weighted by Gasteiger charge is -2.13. The molecule has 2 N–H and O–H groups in total. The van der Waals surface area contributed by atoms with Gasteiger partial charge in [0.25, 0.3) is 5.91 Å². The van der Waals surface area contributed by atoms with Crippen molar-refractivity contribution in [3.8, 4) is 0 Å². The summed E-state index contributed by atoms with van der Waals surface area (Å²) in [6, 6.07) is 1.28. The largest absolute Gasteiger partial charge is 0.394 e. The van der Waals surface area contributed by atoms with Crippen molar-refractivity contribution in [1.82, 2.24) is 5.32 Å². The van der Waals surface area contributed by atoms with E-state index in [9.17, 15) is 4.79 Å². The normalized spacial score (nSPS) is 12.5. The second-order valence-electron chi connectivity index (χ2n) is 3.00. The van der Waals surface area contributed by atoms with E-state index in [-0.39, 0.29) is 18.6 Å². The van der Waals surface area contributed by atoms with Crippen LogP contribution in [0.15, 0.2) is 6.07 Å². The molecular weight excluding hydrogens is 257 g/mol. The van der Waals surface area contributed by atoms with Crippen LogP contribution in [0.4, 0.5) is 0 Å². The van der Waals surface area contributed by atoms with Crippen LogP contribution in [-0.2, 0) is 0 Å². The van der Waals surface area contributed by atoms with E-state index in [2.05, 4.69) is 5.32 Å². The molecule has 1 aromatic heterocycles. The molecule has 0 unspecified atom stereocenters. The highest BCUT2D eigenvalue weighted by molar-refractivity contribution is 7.20. The fraction of sp³-hybridized carbons (Fsp3) is 0.444. The number of nitrogens with one attached hydrogen (secondary N) is 1. The van der Waals surface area contributed by atoms with Crippen LogP contribution in [0.1, 0.15) is 23.7 Å². The van der Waals surface area contributed by atoms with Crippen molar-refractivity contribution in [3.63, 3.8) is 0 Å². The molecule has 0 aliphatic rings. The third-order valence-electron chi connectivity index (χ3n) is 1.95. The van der Waals surface area contributed by atoms with Gasteiger partial charge in [0.1, 0.15) is 4.34 Å². The number of rotatable bonds is 4. The van der Waals surface area contributed by atoms with Gasteiger partial charge in [-0.2, -0.15) is 0 Å². The van der Waals surface area contributed by atoms with Gasteiger partial charge in [0, 0.05) is 0 Å². The van der Waals surface area contributed by atoms with Gasteiger partial charge in [-0.25, -0.2) is 0 Å². The quantitative estimate of drug-likeness (QED) is 0.881. The lowest BCUT2D eigenvalue weighted by atomic mass is 10.2. The average molecular weight is 268 g/mol. The molecular formula is C9H11Cl2NO2S. The summed E-state index contributed by atoms with van der Waals surface area (Å²) in [5, 5.41) is 11.6. The zero-order chi connectivity index (χ0) is 11.4. The first kappa shape index (κ1) is 12.8. The molecule has 3 nitrogen and oxygen atoms in total. The minimum Gasteiger partial charge on any atom is -0.394 e. The maximum absolute atomic E-state index is 11.6. The molecule has 0 fully saturated rings. The number of carbonyl (C=O) groups is 1. The first-order valence-corrected chi connectivity index (χ1v) is 6.02. The number of aliphatic hydroxyl groups excluding tert-OH is 1. The first-order chi connectivity index (χ1) is 7.08. The Morgan fingerprint density at radius 3 is 2.73 bits per heavy atom. The number of amides is 1. The highest BCUT2D eigenvalue weighted by Crippen LogP contribution is 2.30. The average Bonchev–Trinajstić information content (AvgIpc) is 2.54. The topological polar surface area (TPSA) is 49.3 Å². The molecule has 0 spiro atoms. The lowest BCUT2D eigenvalue weighted by molar-refractivity contribution is 0.0915. The van der Waals surface area contributed by atoms with Gasteiger partial charge in [-0.3, -0.25) is 4.79 Å². The smallest absolute Gasteiger partial charge is 0.254 e. The Morgan fingerprint density at radius 1 is 1.67 bits per heavy atom. The molecule has 84 valence electrons. The molecule has 0 radical (unpaired) electrons. The number of thiophene rings is 1. The first-order valence-electron chi connectivity index (χ1n) is 4.45. The second kappa shape index (κ2) is 5.70. The molecule has 0 saturated heterocycles. The maximum atomic E-state index is 11.6. The Morgan fingerprint density at radius 2 is 2.33 bits per heavy atom. The van der Waals surface area contributed by atoms with Gasteiger partial charge in [-0.05, 0) is 12.5 Å². The van der Waals surface area contributed by atoms with Crippen LogP contribution >= 0.6 is 34.5 Å². The number of carbonyl (C=O) groups excluding carboxylic acids is 1. The molecule has 1 rings (SSSR count). The van der Waals surface area contributed by atoms with E-state index in [1.54, 1.807) is 0 Å². The summed E-state index contributed by atoms with van der Waals surface area (Å²) in [7, 11) is 0. The Balaban J connectivity index is 2.72. The van der Waals surface area contributed by atoms with E-state index in [0.29, 0.717) is 20.7 Å². The summed E-state index contributed by atoms with van der Waals surface area (Å²) in [5.74, 6) is -0.302. The molecule has 0 saturated carbocycles. The van der Waals surface area contributed by atoms with E-state index < -0.39 is 0 Å². The maximum Gasteiger partial charge on any atom is 0.254 e. The van der Waals surface area contributed by atoms with Gasteiger partial charge in [0.15, 0.2) is 0 Å². The van der Waals surface area contributed by atoms with Gasteiger partial charge in [0.2, 0.25) is 0 Å². The molecule has 15 heavy (non-hydrogen) atoms. The molecule has 0 aliphatic carbocycles. The Kier molecular flexibility index (Phi) is 4.86. The van der Waals surface area contributed by atoms with E-state index in [1.165, 1.54) is 6.07 Å². The van der Waals surface area contributed by atoms with E-state index in [4.69, 9.17) is 28.3 Å². The van der Waals surface area contributed by atoms with Crippen molar-refractivity contribution in [2.75, 3.05) is 6.61 Å². The second-order valence-corrected chi connectivity index (χ2v) is 5.28. The minimum atomic E-state index is -0.302. The SMILES string of the molecule is CC[C@@H](CO)NC(=O)c1cc(Cl)sc1Cl. The van der Waals surface area contributed by atoms with Crippen LogP contribution in [-0.4, -0.2) is 23.7 Å². The van der Waals surface area contributed by atoms with Crippen molar-refractivity contribution in [2.24, 2.45) is 0 Å². The zero-order valence-corrected chi connectivity index (χ0v) is 10.4. The third-order valence-corrected chi connectivity index (χ3v) is 3.44. The van der Waals surface area contributed by atoms with Crippen LogP contribution in [0.3, 0.4) is 0 Å². The van der Waals surface area contributed by atoms with E-state index in [0.717, 1.165) is 11.3 Å². The van der Waals surface area contributed by atoms with Crippen molar-refractivity contribution in [1.29, 1.82) is 0 Å². The summed E-state index contributed by atoms with van der Waals surface area (Å²) in [5.41, 5.74) is 0.360. The lowest BCUT2D eigenvalue weighted by Crippen LogP contribution is -2.36. The van der Waals surface area contributed by atoms with Gasteiger partial charge in [-0.15, -0.1) is 11.3 Å². The fourth-order valence-corrected chi connectivity index (χ4v) is 2.49. The zero-order valence-electron chi connectivity index (χ0n) is 8.09. The van der Waals surface area contributed by atoms with Crippen molar-refractivity contribution in [2.45, 2.75) is 19.4 Å². The molecule has 1 amide bonds. The van der Waals surface area contributed by atoms with E-state index >= 15 is 0 Å². The Labute approximate surface area is 102 Å². The number of halogens is 2. The molecule has 1 heterocycles. The predicted molar refractivity (Wildman–Crippen MR) is 63.0 cm³/mol. The predicted octanol–water partition coefficient (Wildman–Crippen LogP) is 2.56. The Bertz CT molecular complexity index is 350. The highest BCUT2D eigenvalue weighted by atomic mass is 35.5. The molecule has 1 aromatic rings. The highest BCUT2D eigenvalue weighted by Gasteiger charge is 2.16. The number of hydrogen-bond donors (Lipinski definition) is 2. The van der Waals surface area contributed by atoms with Crippen LogP contribution in [0.2, 0.25) is 8.67 Å². The molecule has 1 atom stereocenters. The van der Waals surface area contributed by atoms with Gasteiger partial charge >= 0.3 is 0 Å². The summed E-state index contributed by atoms with van der Waals surface area (Å²) < 4.78 is 0.840. The van der Waals surface area contributed by atoms with Crippen LogP contribution < -0.4 is 5.32 Å². The van der Waals surface area contributed by atoms with Crippen LogP contribution in [0, 0.1) is 0 Å². The van der Waals surface area contributed by atoms with Crippen LogP contribution in [0.5, 0.6) is 0 Å². The van der Waals surface area contributed by atoms with Crippen LogP contribution in [0.25, 0.3) is 0 Å². The van der Waals surface area contributed by atoms with Gasteiger partial charge in [0.05, 0.1) is 22.5 Å². The summed E-state index contributed by atoms with van der Waals surface area (Å²) in [6.45, 7) is 1.79. The molecule has 0 bridgehead atoms. The van der Waals surface area contributed by atoms with Crippen molar-refractivity contribution < 1.29 is 9.90 Å².